The second-order valence-corrected chi connectivity index (χ2v) is 7.20. The molecule has 0 rings (SSSR count). The second kappa shape index (κ2) is 9.94. The predicted octanol–water partition coefficient (Wildman–Crippen LogP) is 3.52. The molecule has 0 spiro atoms. The topological polar surface area (TPSA) is 78.9 Å². The third-order valence-electron chi connectivity index (χ3n) is 3.90. The maximum atomic E-state index is 11.7. The fourth-order valence-corrected chi connectivity index (χ4v) is 2.64. The first-order valence-corrected chi connectivity index (χ1v) is 8.40. The van der Waals surface area contributed by atoms with Crippen LogP contribution in [0.15, 0.2) is 38.0 Å². The van der Waals surface area contributed by atoms with E-state index in [1.165, 1.54) is 0 Å². The molecule has 2 unspecified atom stereocenters. The smallest absolute Gasteiger partial charge is 0.330 e. The van der Waals surface area contributed by atoms with E-state index < -0.39 is 35.2 Å². The standard InChI is InChI=1S/C20H30O6/c1-9-16(21)24-14(4)12-15(20(7,8)26-18(23)11-3)13-19(5,6)25-17(22)10-2/h9-11,14-15H,1-3,12-13H2,4-8H3. The Labute approximate surface area is 155 Å². The summed E-state index contributed by atoms with van der Waals surface area (Å²) in [4.78, 5) is 34.7. The molecule has 6 heteroatoms. The molecule has 0 fully saturated rings. The lowest BCUT2D eigenvalue weighted by molar-refractivity contribution is -0.167. The van der Waals surface area contributed by atoms with Gasteiger partial charge in [-0.05, 0) is 47.5 Å². The van der Waals surface area contributed by atoms with Gasteiger partial charge in [0.1, 0.15) is 11.2 Å². The van der Waals surface area contributed by atoms with Crippen LogP contribution in [0.4, 0.5) is 0 Å². The molecule has 0 aliphatic carbocycles. The highest BCUT2D eigenvalue weighted by atomic mass is 16.6. The molecule has 0 aromatic carbocycles. The Hall–Kier alpha value is -2.37. The molecule has 2 atom stereocenters. The number of ether oxygens (including phenoxy) is 3. The Morgan fingerprint density at radius 2 is 1.35 bits per heavy atom. The van der Waals surface area contributed by atoms with Crippen LogP contribution < -0.4 is 0 Å². The van der Waals surface area contributed by atoms with Crippen LogP contribution in [0.2, 0.25) is 0 Å². The van der Waals surface area contributed by atoms with Gasteiger partial charge in [-0.25, -0.2) is 14.4 Å². The summed E-state index contributed by atoms with van der Waals surface area (Å²) in [5.74, 6) is -1.90. The Balaban J connectivity index is 5.43. The summed E-state index contributed by atoms with van der Waals surface area (Å²) in [6.07, 6.45) is 3.59. The third-order valence-corrected chi connectivity index (χ3v) is 3.90. The summed E-state index contributed by atoms with van der Waals surface area (Å²) >= 11 is 0. The van der Waals surface area contributed by atoms with Gasteiger partial charge in [-0.2, -0.15) is 0 Å². The van der Waals surface area contributed by atoms with Crippen molar-refractivity contribution in [3.63, 3.8) is 0 Å². The van der Waals surface area contributed by atoms with Crippen LogP contribution in [0.5, 0.6) is 0 Å². The van der Waals surface area contributed by atoms with Gasteiger partial charge >= 0.3 is 17.9 Å². The summed E-state index contributed by atoms with van der Waals surface area (Å²) in [6, 6.07) is 0. The lowest BCUT2D eigenvalue weighted by Crippen LogP contribution is -2.43. The van der Waals surface area contributed by atoms with Crippen molar-refractivity contribution in [1.29, 1.82) is 0 Å². The lowest BCUT2D eigenvalue weighted by Gasteiger charge is -2.39. The molecular formula is C20H30O6. The molecule has 26 heavy (non-hydrogen) atoms. The molecule has 0 saturated heterocycles. The van der Waals surface area contributed by atoms with Gasteiger partial charge in [-0.1, -0.05) is 19.7 Å². The minimum atomic E-state index is -0.905. The van der Waals surface area contributed by atoms with Crippen LogP contribution in [0, 0.1) is 5.92 Å². The van der Waals surface area contributed by atoms with Gasteiger partial charge in [-0.15, -0.1) is 0 Å². The first kappa shape index (κ1) is 23.6. The molecule has 0 aromatic heterocycles. The van der Waals surface area contributed by atoms with E-state index in [1.54, 1.807) is 34.6 Å². The summed E-state index contributed by atoms with van der Waals surface area (Å²) in [5.41, 5.74) is -1.74. The number of carbonyl (C=O) groups is 3. The van der Waals surface area contributed by atoms with E-state index in [4.69, 9.17) is 14.2 Å². The maximum absolute atomic E-state index is 11.7. The van der Waals surface area contributed by atoms with Gasteiger partial charge in [0.05, 0.1) is 6.10 Å². The van der Waals surface area contributed by atoms with Gasteiger partial charge in [-0.3, -0.25) is 0 Å². The fraction of sp³-hybridized carbons (Fsp3) is 0.550. The normalized spacial score (nSPS) is 13.7. The largest absolute Gasteiger partial charge is 0.460 e. The summed E-state index contributed by atoms with van der Waals surface area (Å²) in [6.45, 7) is 18.9. The Kier molecular flexibility index (Phi) is 9.04. The summed E-state index contributed by atoms with van der Waals surface area (Å²) in [5, 5.41) is 0. The molecule has 0 amide bonds. The average Bonchev–Trinajstić information content (AvgIpc) is 2.52. The Morgan fingerprint density at radius 1 is 0.885 bits per heavy atom. The molecule has 6 nitrogen and oxygen atoms in total. The minimum absolute atomic E-state index is 0.272. The highest BCUT2D eigenvalue weighted by molar-refractivity contribution is 5.82. The number of esters is 3. The quantitative estimate of drug-likeness (QED) is 0.316. The monoisotopic (exact) mass is 366 g/mol. The van der Waals surface area contributed by atoms with E-state index >= 15 is 0 Å². The highest BCUT2D eigenvalue weighted by Gasteiger charge is 2.39. The van der Waals surface area contributed by atoms with Crippen molar-refractivity contribution in [2.75, 3.05) is 0 Å². The predicted molar refractivity (Wildman–Crippen MR) is 99.2 cm³/mol. The lowest BCUT2D eigenvalue weighted by atomic mass is 9.78. The van der Waals surface area contributed by atoms with E-state index in [0.29, 0.717) is 12.8 Å². The van der Waals surface area contributed by atoms with Crippen molar-refractivity contribution >= 4 is 17.9 Å². The van der Waals surface area contributed by atoms with Gasteiger partial charge in [0.15, 0.2) is 0 Å². The number of carbonyl (C=O) groups excluding carboxylic acids is 3. The zero-order valence-corrected chi connectivity index (χ0v) is 16.4. The summed E-state index contributed by atoms with van der Waals surface area (Å²) in [7, 11) is 0. The average molecular weight is 366 g/mol. The number of hydrogen-bond acceptors (Lipinski definition) is 6. The molecule has 0 aliphatic rings. The zero-order valence-electron chi connectivity index (χ0n) is 16.4. The van der Waals surface area contributed by atoms with E-state index in [9.17, 15) is 14.4 Å². The van der Waals surface area contributed by atoms with Crippen molar-refractivity contribution in [2.24, 2.45) is 5.92 Å². The molecule has 0 aromatic rings. The maximum Gasteiger partial charge on any atom is 0.330 e. The number of rotatable bonds is 11. The van der Waals surface area contributed by atoms with Crippen LogP contribution in [0.3, 0.4) is 0 Å². The van der Waals surface area contributed by atoms with Crippen molar-refractivity contribution in [3.05, 3.63) is 38.0 Å². The first-order valence-electron chi connectivity index (χ1n) is 8.40. The van der Waals surface area contributed by atoms with Gasteiger partial charge in [0.25, 0.3) is 0 Å². The molecular weight excluding hydrogens is 336 g/mol. The molecule has 0 radical (unpaired) electrons. The molecule has 0 heterocycles. The molecule has 0 N–H and O–H groups in total. The molecule has 146 valence electrons. The van der Waals surface area contributed by atoms with Crippen molar-refractivity contribution < 1.29 is 28.6 Å². The van der Waals surface area contributed by atoms with Crippen LogP contribution in [0.1, 0.15) is 47.5 Å². The zero-order chi connectivity index (χ0) is 20.5. The van der Waals surface area contributed by atoms with Crippen LogP contribution >= 0.6 is 0 Å². The van der Waals surface area contributed by atoms with E-state index in [2.05, 4.69) is 19.7 Å². The Morgan fingerprint density at radius 3 is 1.81 bits per heavy atom. The van der Waals surface area contributed by atoms with Crippen molar-refractivity contribution in [1.82, 2.24) is 0 Å². The minimum Gasteiger partial charge on any atom is -0.460 e. The molecule has 0 aliphatic heterocycles. The van der Waals surface area contributed by atoms with Crippen molar-refractivity contribution in [2.45, 2.75) is 64.8 Å². The van der Waals surface area contributed by atoms with E-state index in [1.807, 2.05) is 0 Å². The Bertz CT molecular complexity index is 559. The summed E-state index contributed by atoms with van der Waals surface area (Å²) < 4.78 is 16.1. The van der Waals surface area contributed by atoms with Gasteiger partial charge < -0.3 is 14.2 Å². The number of hydrogen-bond donors (Lipinski definition) is 0. The van der Waals surface area contributed by atoms with Gasteiger partial charge in [0.2, 0.25) is 0 Å². The second-order valence-electron chi connectivity index (χ2n) is 7.20. The fourth-order valence-electron chi connectivity index (χ4n) is 2.64. The SMILES string of the molecule is C=CC(=O)OC(C)CC(CC(C)(C)OC(=O)C=C)C(C)(C)OC(=O)C=C. The first-order chi connectivity index (χ1) is 11.9. The van der Waals surface area contributed by atoms with E-state index in [0.717, 1.165) is 18.2 Å². The van der Waals surface area contributed by atoms with Crippen LogP contribution in [-0.4, -0.2) is 35.2 Å². The molecule has 0 saturated carbocycles. The molecule has 0 bridgehead atoms. The van der Waals surface area contributed by atoms with E-state index in [-0.39, 0.29) is 5.92 Å². The van der Waals surface area contributed by atoms with Gasteiger partial charge in [0, 0.05) is 24.1 Å². The van der Waals surface area contributed by atoms with Crippen LogP contribution in [-0.2, 0) is 28.6 Å². The van der Waals surface area contributed by atoms with Crippen molar-refractivity contribution in [3.8, 4) is 0 Å². The highest BCUT2D eigenvalue weighted by Crippen LogP contribution is 2.35. The van der Waals surface area contributed by atoms with Crippen LogP contribution in [0.25, 0.3) is 0 Å². The third kappa shape index (κ3) is 8.65.